The summed E-state index contributed by atoms with van der Waals surface area (Å²) >= 11 is 1.79. The van der Waals surface area contributed by atoms with Crippen molar-refractivity contribution < 1.29 is 18.3 Å². The molecule has 8 nitrogen and oxygen atoms in total. The molecule has 26 heavy (non-hydrogen) atoms. The number of nitrogens with zero attached hydrogens (tertiary/aromatic N) is 2. The van der Waals surface area contributed by atoms with Crippen molar-refractivity contribution >= 4 is 51.7 Å². The SMILES string of the molecule is CN=C(NCCS(=O)(=O)N1CCSCC1)NCC1(CCO)CCOC1.I. The number of halogens is 1. The standard InChI is InChI=1S/C15H30N4O4S2.HI/c1-16-14(18-12-15(2-7-20)3-8-23-13-15)17-4-11-25(21,22)19-5-9-24-10-6-19;/h20H,2-13H2,1H3,(H2,16,17,18);1H. The minimum absolute atomic E-state index is 0. The molecular weight excluding hydrogens is 491 g/mol. The molecule has 2 fully saturated rings. The highest BCUT2D eigenvalue weighted by atomic mass is 127. The molecule has 0 aromatic rings. The number of thioether (sulfide) groups is 1. The van der Waals surface area contributed by atoms with Crippen molar-refractivity contribution in [2.24, 2.45) is 10.4 Å². The average molecular weight is 522 g/mol. The maximum atomic E-state index is 12.3. The fourth-order valence-corrected chi connectivity index (χ4v) is 5.55. The first-order valence-electron chi connectivity index (χ1n) is 8.70. The maximum absolute atomic E-state index is 12.3. The van der Waals surface area contributed by atoms with Crippen molar-refractivity contribution in [1.29, 1.82) is 0 Å². The first-order valence-corrected chi connectivity index (χ1v) is 11.5. The van der Waals surface area contributed by atoms with Crippen LogP contribution in [0.3, 0.4) is 0 Å². The lowest BCUT2D eigenvalue weighted by molar-refractivity contribution is 0.127. The molecule has 2 rings (SSSR count). The summed E-state index contributed by atoms with van der Waals surface area (Å²) in [6, 6.07) is 0. The van der Waals surface area contributed by atoms with Gasteiger partial charge in [-0.2, -0.15) is 11.8 Å². The summed E-state index contributed by atoms with van der Waals surface area (Å²) in [6.45, 7) is 3.62. The molecule has 0 bridgehead atoms. The number of aliphatic imine (C=N–C) groups is 1. The summed E-state index contributed by atoms with van der Waals surface area (Å²) in [5, 5.41) is 15.6. The third kappa shape index (κ3) is 7.30. The van der Waals surface area contributed by atoms with E-state index < -0.39 is 10.0 Å². The molecule has 2 aliphatic rings. The zero-order valence-corrected chi connectivity index (χ0v) is 19.2. The van der Waals surface area contributed by atoms with Crippen LogP contribution in [-0.4, -0.2) is 94.1 Å². The quantitative estimate of drug-likeness (QED) is 0.233. The maximum Gasteiger partial charge on any atom is 0.215 e. The normalized spacial score (nSPS) is 24.9. The molecule has 0 aliphatic carbocycles. The molecule has 2 aliphatic heterocycles. The predicted molar refractivity (Wildman–Crippen MR) is 117 cm³/mol. The lowest BCUT2D eigenvalue weighted by Crippen LogP contribution is -2.47. The molecule has 0 radical (unpaired) electrons. The molecule has 11 heteroatoms. The number of hydrogen-bond donors (Lipinski definition) is 3. The van der Waals surface area contributed by atoms with Gasteiger partial charge in [-0.1, -0.05) is 0 Å². The van der Waals surface area contributed by atoms with Gasteiger partial charge >= 0.3 is 0 Å². The van der Waals surface area contributed by atoms with Gasteiger partial charge in [-0.3, -0.25) is 4.99 Å². The molecule has 1 atom stereocenters. The number of ether oxygens (including phenoxy) is 1. The van der Waals surface area contributed by atoms with E-state index in [9.17, 15) is 13.5 Å². The molecule has 2 heterocycles. The fraction of sp³-hybridized carbons (Fsp3) is 0.933. The van der Waals surface area contributed by atoms with Gasteiger partial charge in [0.15, 0.2) is 5.96 Å². The molecule has 0 aromatic carbocycles. The van der Waals surface area contributed by atoms with Crippen molar-refractivity contribution in [2.75, 3.05) is 70.3 Å². The zero-order chi connectivity index (χ0) is 18.2. The molecule has 154 valence electrons. The fourth-order valence-electron chi connectivity index (χ4n) is 3.06. The van der Waals surface area contributed by atoms with Crippen LogP contribution in [0.4, 0.5) is 0 Å². The third-order valence-corrected chi connectivity index (χ3v) is 7.51. The van der Waals surface area contributed by atoms with Crippen LogP contribution in [0.1, 0.15) is 12.8 Å². The van der Waals surface area contributed by atoms with Crippen molar-refractivity contribution in [3.63, 3.8) is 0 Å². The van der Waals surface area contributed by atoms with E-state index in [1.165, 1.54) is 0 Å². The lowest BCUT2D eigenvalue weighted by Gasteiger charge is -2.28. The van der Waals surface area contributed by atoms with Crippen LogP contribution >= 0.6 is 35.7 Å². The van der Waals surface area contributed by atoms with E-state index in [0.29, 0.717) is 51.8 Å². The van der Waals surface area contributed by atoms with E-state index in [4.69, 9.17) is 4.74 Å². The molecular formula is C15H31IN4O4S2. The van der Waals surface area contributed by atoms with Gasteiger partial charge in [0.25, 0.3) is 0 Å². The Morgan fingerprint density at radius 1 is 1.35 bits per heavy atom. The first-order chi connectivity index (χ1) is 12.0. The summed E-state index contributed by atoms with van der Waals surface area (Å²) in [5.74, 6) is 2.37. The Morgan fingerprint density at radius 3 is 2.65 bits per heavy atom. The molecule has 0 saturated carbocycles. The Labute approximate surface area is 178 Å². The number of aliphatic hydroxyl groups is 1. The highest BCUT2D eigenvalue weighted by Gasteiger charge is 2.34. The summed E-state index contributed by atoms with van der Waals surface area (Å²) in [4.78, 5) is 4.15. The molecule has 0 spiro atoms. The van der Waals surface area contributed by atoms with Gasteiger partial charge in [-0.05, 0) is 12.8 Å². The number of nitrogens with one attached hydrogen (secondary N) is 2. The molecule has 2 saturated heterocycles. The molecule has 3 N–H and O–H groups in total. The van der Waals surface area contributed by atoms with E-state index in [0.717, 1.165) is 17.9 Å². The second-order valence-electron chi connectivity index (χ2n) is 6.46. The monoisotopic (exact) mass is 522 g/mol. The van der Waals surface area contributed by atoms with Crippen LogP contribution < -0.4 is 10.6 Å². The van der Waals surface area contributed by atoms with Gasteiger partial charge in [0.1, 0.15) is 0 Å². The summed E-state index contributed by atoms with van der Waals surface area (Å²) in [5.41, 5.74) is -0.0795. The second kappa shape index (κ2) is 11.9. The van der Waals surface area contributed by atoms with Gasteiger partial charge in [-0.25, -0.2) is 12.7 Å². The molecule has 0 aromatic heterocycles. The average Bonchev–Trinajstić information content (AvgIpc) is 3.08. The van der Waals surface area contributed by atoms with Crippen molar-refractivity contribution in [1.82, 2.24) is 14.9 Å². The minimum Gasteiger partial charge on any atom is -0.396 e. The Bertz CT molecular complexity index is 536. The number of sulfonamides is 1. The van der Waals surface area contributed by atoms with Gasteiger partial charge in [0.2, 0.25) is 10.0 Å². The Hall–Kier alpha value is 0.180. The topological polar surface area (TPSA) is 103 Å². The Kier molecular flexibility index (Phi) is 11.1. The Balaban J connectivity index is 0.00000338. The van der Waals surface area contributed by atoms with E-state index in [-0.39, 0.29) is 41.8 Å². The van der Waals surface area contributed by atoms with Crippen LogP contribution in [0.5, 0.6) is 0 Å². The Morgan fingerprint density at radius 2 is 2.08 bits per heavy atom. The second-order valence-corrected chi connectivity index (χ2v) is 9.77. The molecule has 1 unspecified atom stereocenters. The highest BCUT2D eigenvalue weighted by molar-refractivity contribution is 14.0. The van der Waals surface area contributed by atoms with Gasteiger partial charge in [0.05, 0.1) is 12.4 Å². The van der Waals surface area contributed by atoms with E-state index in [2.05, 4.69) is 15.6 Å². The van der Waals surface area contributed by atoms with Gasteiger partial charge < -0.3 is 20.5 Å². The highest BCUT2D eigenvalue weighted by Crippen LogP contribution is 2.31. The van der Waals surface area contributed by atoms with Crippen LogP contribution in [0.2, 0.25) is 0 Å². The number of guanidine groups is 1. The van der Waals surface area contributed by atoms with Crippen molar-refractivity contribution in [3.05, 3.63) is 0 Å². The van der Waals surface area contributed by atoms with E-state index in [1.54, 1.807) is 23.1 Å². The largest absolute Gasteiger partial charge is 0.396 e. The van der Waals surface area contributed by atoms with Crippen LogP contribution in [0.25, 0.3) is 0 Å². The minimum atomic E-state index is -3.22. The van der Waals surface area contributed by atoms with Gasteiger partial charge in [0, 0.05) is 63.4 Å². The van der Waals surface area contributed by atoms with Crippen LogP contribution in [-0.2, 0) is 14.8 Å². The van der Waals surface area contributed by atoms with Crippen LogP contribution in [0.15, 0.2) is 4.99 Å². The summed E-state index contributed by atoms with van der Waals surface area (Å²) in [6.07, 6.45) is 1.58. The van der Waals surface area contributed by atoms with E-state index in [1.807, 2.05) is 0 Å². The number of hydrogen-bond acceptors (Lipinski definition) is 6. The zero-order valence-electron chi connectivity index (χ0n) is 15.3. The molecule has 0 amide bonds. The van der Waals surface area contributed by atoms with Crippen molar-refractivity contribution in [2.45, 2.75) is 12.8 Å². The van der Waals surface area contributed by atoms with E-state index >= 15 is 0 Å². The van der Waals surface area contributed by atoms with Crippen LogP contribution in [0, 0.1) is 5.41 Å². The summed E-state index contributed by atoms with van der Waals surface area (Å²) < 4.78 is 31.7. The third-order valence-electron chi connectivity index (χ3n) is 4.70. The first kappa shape index (κ1) is 24.2. The lowest BCUT2D eigenvalue weighted by atomic mass is 9.84. The number of aliphatic hydroxyl groups excluding tert-OH is 1. The predicted octanol–water partition coefficient (Wildman–Crippen LogP) is -0.0629. The number of rotatable bonds is 8. The smallest absolute Gasteiger partial charge is 0.215 e. The van der Waals surface area contributed by atoms with Crippen molar-refractivity contribution in [3.8, 4) is 0 Å². The van der Waals surface area contributed by atoms with Gasteiger partial charge in [-0.15, -0.1) is 24.0 Å². The summed E-state index contributed by atoms with van der Waals surface area (Å²) in [7, 11) is -1.55.